The van der Waals surface area contributed by atoms with Crippen LogP contribution in [-0.4, -0.2) is 15.3 Å². The third kappa shape index (κ3) is 1.81. The summed E-state index contributed by atoms with van der Waals surface area (Å²) in [5.74, 6) is -0.463. The number of allylic oxidation sites excluding steroid dienone is 1. The molecule has 0 atom stereocenters. The van der Waals surface area contributed by atoms with Crippen molar-refractivity contribution in [1.29, 1.82) is 0 Å². The topological polar surface area (TPSA) is 60.7 Å². The van der Waals surface area contributed by atoms with E-state index in [-0.39, 0.29) is 18.1 Å². The van der Waals surface area contributed by atoms with Gasteiger partial charge < -0.3 is 15.3 Å². The first kappa shape index (κ1) is 9.61. The molecule has 0 aliphatic heterocycles. The zero-order chi connectivity index (χ0) is 9.84. The van der Waals surface area contributed by atoms with Crippen molar-refractivity contribution in [2.45, 2.75) is 13.5 Å². The molecule has 0 bridgehead atoms. The summed E-state index contributed by atoms with van der Waals surface area (Å²) < 4.78 is 0. The maximum absolute atomic E-state index is 9.36. The second-order valence-corrected chi connectivity index (χ2v) is 2.66. The molecule has 3 heteroatoms. The average molecular weight is 180 g/mol. The van der Waals surface area contributed by atoms with Crippen molar-refractivity contribution >= 4 is 6.08 Å². The second-order valence-electron chi connectivity index (χ2n) is 2.66. The molecular weight excluding hydrogens is 168 g/mol. The Labute approximate surface area is 76.6 Å². The first-order valence-corrected chi connectivity index (χ1v) is 3.98. The maximum atomic E-state index is 9.36. The van der Waals surface area contributed by atoms with Crippen molar-refractivity contribution in [2.75, 3.05) is 0 Å². The van der Waals surface area contributed by atoms with Crippen molar-refractivity contribution in [3.63, 3.8) is 0 Å². The van der Waals surface area contributed by atoms with Crippen LogP contribution < -0.4 is 0 Å². The molecule has 3 N–H and O–H groups in total. The quantitative estimate of drug-likeness (QED) is 0.606. The van der Waals surface area contributed by atoms with Crippen LogP contribution in [0.1, 0.15) is 18.1 Å². The summed E-state index contributed by atoms with van der Waals surface area (Å²) >= 11 is 0. The predicted molar refractivity (Wildman–Crippen MR) is 50.4 cm³/mol. The highest BCUT2D eigenvalue weighted by Crippen LogP contribution is 2.31. The number of aromatic hydroxyl groups is 2. The lowest BCUT2D eigenvalue weighted by Crippen LogP contribution is -1.89. The van der Waals surface area contributed by atoms with Gasteiger partial charge >= 0.3 is 0 Å². The molecule has 0 amide bonds. The highest BCUT2D eigenvalue weighted by Gasteiger charge is 2.08. The summed E-state index contributed by atoms with van der Waals surface area (Å²) in [5.41, 5.74) is 1.05. The van der Waals surface area contributed by atoms with Gasteiger partial charge in [0.1, 0.15) is 0 Å². The molecule has 1 aromatic carbocycles. The Balaban J connectivity index is 3.29. The number of phenolic OH excluding ortho intramolecular Hbond substituents is 1. The SMILES string of the molecule is C/C=C/c1ccc(O)c(O)c1CO. The molecule has 0 saturated carbocycles. The van der Waals surface area contributed by atoms with Crippen molar-refractivity contribution in [2.24, 2.45) is 0 Å². The fraction of sp³-hybridized carbons (Fsp3) is 0.200. The average Bonchev–Trinajstić information content (AvgIpc) is 2.12. The van der Waals surface area contributed by atoms with E-state index < -0.39 is 0 Å². The largest absolute Gasteiger partial charge is 0.504 e. The maximum Gasteiger partial charge on any atom is 0.163 e. The number of rotatable bonds is 2. The van der Waals surface area contributed by atoms with Crippen LogP contribution in [0.15, 0.2) is 18.2 Å². The lowest BCUT2D eigenvalue weighted by molar-refractivity contribution is 0.273. The van der Waals surface area contributed by atoms with Gasteiger partial charge in [-0.2, -0.15) is 0 Å². The first-order chi connectivity index (χ1) is 6.20. The van der Waals surface area contributed by atoms with Crippen LogP contribution in [0.2, 0.25) is 0 Å². The van der Waals surface area contributed by atoms with Gasteiger partial charge in [-0.25, -0.2) is 0 Å². The molecule has 0 aliphatic rings. The van der Waals surface area contributed by atoms with Crippen molar-refractivity contribution < 1.29 is 15.3 Å². The summed E-state index contributed by atoms with van der Waals surface area (Å²) in [6, 6.07) is 3.03. The van der Waals surface area contributed by atoms with Crippen molar-refractivity contribution in [1.82, 2.24) is 0 Å². The Hall–Kier alpha value is -1.48. The zero-order valence-electron chi connectivity index (χ0n) is 7.36. The van der Waals surface area contributed by atoms with Crippen LogP contribution in [0.4, 0.5) is 0 Å². The van der Waals surface area contributed by atoms with E-state index in [2.05, 4.69) is 0 Å². The summed E-state index contributed by atoms with van der Waals surface area (Å²) in [4.78, 5) is 0. The van der Waals surface area contributed by atoms with E-state index in [1.54, 1.807) is 18.2 Å². The number of aliphatic hydroxyl groups excluding tert-OH is 1. The minimum absolute atomic E-state index is 0.211. The van der Waals surface area contributed by atoms with Crippen LogP contribution in [0, 0.1) is 0 Å². The second kappa shape index (κ2) is 3.96. The van der Waals surface area contributed by atoms with E-state index >= 15 is 0 Å². The van der Waals surface area contributed by atoms with Gasteiger partial charge in [0.15, 0.2) is 11.5 Å². The Bertz CT molecular complexity index is 329. The molecule has 0 heterocycles. The van der Waals surface area contributed by atoms with E-state index in [1.165, 1.54) is 6.07 Å². The lowest BCUT2D eigenvalue weighted by atomic mass is 10.1. The summed E-state index contributed by atoms with van der Waals surface area (Å²) in [6.45, 7) is 1.55. The smallest absolute Gasteiger partial charge is 0.163 e. The molecule has 0 fully saturated rings. The molecule has 70 valence electrons. The molecule has 0 spiro atoms. The van der Waals surface area contributed by atoms with E-state index in [1.807, 2.05) is 6.92 Å². The van der Waals surface area contributed by atoms with Gasteiger partial charge in [-0.1, -0.05) is 18.2 Å². The van der Waals surface area contributed by atoms with Gasteiger partial charge in [-0.05, 0) is 18.6 Å². The van der Waals surface area contributed by atoms with E-state index in [4.69, 9.17) is 10.2 Å². The lowest BCUT2D eigenvalue weighted by Gasteiger charge is -2.06. The molecule has 0 radical (unpaired) electrons. The fourth-order valence-electron chi connectivity index (χ4n) is 1.14. The van der Waals surface area contributed by atoms with Gasteiger partial charge in [0.2, 0.25) is 0 Å². The van der Waals surface area contributed by atoms with E-state index in [9.17, 15) is 5.11 Å². The van der Waals surface area contributed by atoms with Crippen LogP contribution in [0.25, 0.3) is 6.08 Å². The molecule has 1 aromatic rings. The van der Waals surface area contributed by atoms with E-state index in [0.29, 0.717) is 11.1 Å². The summed E-state index contributed by atoms with van der Waals surface area (Å²) in [7, 11) is 0. The Kier molecular flexibility index (Phi) is 2.93. The molecule has 0 aliphatic carbocycles. The van der Waals surface area contributed by atoms with Gasteiger partial charge in [0, 0.05) is 5.56 Å². The highest BCUT2D eigenvalue weighted by atomic mass is 16.3. The van der Waals surface area contributed by atoms with Gasteiger partial charge in [0.05, 0.1) is 6.61 Å². The third-order valence-corrected chi connectivity index (χ3v) is 1.80. The molecular formula is C10H12O3. The third-order valence-electron chi connectivity index (χ3n) is 1.80. The Morgan fingerprint density at radius 1 is 1.31 bits per heavy atom. The van der Waals surface area contributed by atoms with Crippen LogP contribution in [0.5, 0.6) is 11.5 Å². The number of aliphatic hydroxyl groups is 1. The normalized spacial score (nSPS) is 10.9. The van der Waals surface area contributed by atoms with Crippen LogP contribution in [0.3, 0.4) is 0 Å². The number of phenols is 2. The Morgan fingerprint density at radius 3 is 2.54 bits per heavy atom. The minimum Gasteiger partial charge on any atom is -0.504 e. The Morgan fingerprint density at radius 2 is 2.00 bits per heavy atom. The monoisotopic (exact) mass is 180 g/mol. The summed E-state index contributed by atoms with van der Waals surface area (Å²) in [6.07, 6.45) is 3.55. The summed E-state index contributed by atoms with van der Waals surface area (Å²) in [5, 5.41) is 27.4. The van der Waals surface area contributed by atoms with Gasteiger partial charge in [-0.15, -0.1) is 0 Å². The number of hydrogen-bond acceptors (Lipinski definition) is 3. The highest BCUT2D eigenvalue weighted by molar-refractivity contribution is 5.61. The minimum atomic E-state index is -0.292. The zero-order valence-corrected chi connectivity index (χ0v) is 7.36. The molecule has 3 nitrogen and oxygen atoms in total. The fourth-order valence-corrected chi connectivity index (χ4v) is 1.14. The predicted octanol–water partition coefficient (Wildman–Crippen LogP) is 1.62. The van der Waals surface area contributed by atoms with Crippen LogP contribution in [-0.2, 0) is 6.61 Å². The first-order valence-electron chi connectivity index (χ1n) is 3.98. The molecule has 0 unspecified atom stereocenters. The number of hydrogen-bond donors (Lipinski definition) is 3. The number of benzene rings is 1. The van der Waals surface area contributed by atoms with Crippen molar-refractivity contribution in [3.05, 3.63) is 29.3 Å². The van der Waals surface area contributed by atoms with Crippen LogP contribution >= 0.6 is 0 Å². The van der Waals surface area contributed by atoms with Crippen molar-refractivity contribution in [3.8, 4) is 11.5 Å². The molecule has 1 rings (SSSR count). The molecule has 0 aromatic heterocycles. The standard InChI is InChI=1S/C10H12O3/c1-2-3-7-4-5-9(12)10(13)8(7)6-11/h2-5,11-13H,6H2,1H3/b3-2+. The molecule has 0 saturated heterocycles. The van der Waals surface area contributed by atoms with Gasteiger partial charge in [-0.3, -0.25) is 0 Å². The molecule has 13 heavy (non-hydrogen) atoms. The van der Waals surface area contributed by atoms with Gasteiger partial charge in [0.25, 0.3) is 0 Å². The van der Waals surface area contributed by atoms with E-state index in [0.717, 1.165) is 0 Å².